The smallest absolute Gasteiger partial charge is 0.308 e. The number of non-ortho nitro benzene ring substituents is 1. The van der Waals surface area contributed by atoms with Crippen LogP contribution in [0, 0.1) is 16.0 Å². The van der Waals surface area contributed by atoms with Crippen molar-refractivity contribution >= 4 is 17.9 Å². The van der Waals surface area contributed by atoms with Gasteiger partial charge < -0.3 is 4.74 Å². The molecule has 0 amide bonds. The number of carbonyl (C=O) groups is 1. The van der Waals surface area contributed by atoms with Crippen LogP contribution in [-0.4, -0.2) is 30.3 Å². The second-order valence-electron chi connectivity index (χ2n) is 5.16. The first-order valence-corrected chi connectivity index (χ1v) is 6.95. The summed E-state index contributed by atoms with van der Waals surface area (Å²) in [4.78, 5) is 26.1. The molecule has 2 rings (SSSR count). The predicted octanol–water partition coefficient (Wildman–Crippen LogP) is 2.75. The second kappa shape index (κ2) is 6.97. The maximum absolute atomic E-state index is 11.4. The largest absolute Gasteiger partial charge is 0.469 e. The second-order valence-corrected chi connectivity index (χ2v) is 5.16. The number of rotatable bonds is 4. The molecule has 1 aromatic rings. The van der Waals surface area contributed by atoms with Gasteiger partial charge in [0.2, 0.25) is 0 Å². The van der Waals surface area contributed by atoms with Crippen molar-refractivity contribution in [2.45, 2.75) is 31.7 Å². The topological polar surface area (TPSA) is 81.8 Å². The molecule has 1 aliphatic rings. The lowest BCUT2D eigenvalue weighted by molar-refractivity contribution is -0.384. The number of aliphatic imine (C=N–C) groups is 1. The first-order valence-electron chi connectivity index (χ1n) is 6.95. The third-order valence-corrected chi connectivity index (χ3v) is 3.77. The first kappa shape index (κ1) is 15.2. The minimum absolute atomic E-state index is 0.000764. The standard InChI is InChI=1S/C15H18N2O4/c1-21-15(18)12-4-6-13(7-5-12)16-10-11-2-8-14(9-3-11)17(19)20/h2-3,8-10,12-13H,4-7H2,1H3. The van der Waals surface area contributed by atoms with E-state index < -0.39 is 4.92 Å². The molecule has 0 heterocycles. The van der Waals surface area contributed by atoms with Crippen molar-refractivity contribution in [3.05, 3.63) is 39.9 Å². The van der Waals surface area contributed by atoms with Gasteiger partial charge in [-0.1, -0.05) is 0 Å². The lowest BCUT2D eigenvalue weighted by Gasteiger charge is -2.24. The van der Waals surface area contributed by atoms with E-state index in [4.69, 9.17) is 4.74 Å². The minimum atomic E-state index is -0.422. The SMILES string of the molecule is COC(=O)C1CCC(N=Cc2ccc([N+](=O)[O-])cc2)CC1. The van der Waals surface area contributed by atoms with Gasteiger partial charge in [-0.25, -0.2) is 0 Å². The zero-order valence-corrected chi connectivity index (χ0v) is 11.9. The molecule has 112 valence electrons. The fourth-order valence-corrected chi connectivity index (χ4v) is 2.50. The molecule has 0 radical (unpaired) electrons. The molecule has 21 heavy (non-hydrogen) atoms. The van der Waals surface area contributed by atoms with E-state index in [1.807, 2.05) is 0 Å². The van der Waals surface area contributed by atoms with Crippen molar-refractivity contribution in [3.8, 4) is 0 Å². The van der Waals surface area contributed by atoms with E-state index in [0.717, 1.165) is 31.2 Å². The van der Waals surface area contributed by atoms with Crippen LogP contribution in [0.1, 0.15) is 31.2 Å². The normalized spacial score (nSPS) is 22.1. The van der Waals surface area contributed by atoms with Gasteiger partial charge in [0.15, 0.2) is 0 Å². The van der Waals surface area contributed by atoms with E-state index in [1.54, 1.807) is 18.3 Å². The number of esters is 1. The Balaban J connectivity index is 1.88. The number of hydrogen-bond acceptors (Lipinski definition) is 5. The van der Waals surface area contributed by atoms with Gasteiger partial charge in [0, 0.05) is 24.4 Å². The van der Waals surface area contributed by atoms with Crippen molar-refractivity contribution in [1.29, 1.82) is 0 Å². The highest BCUT2D eigenvalue weighted by molar-refractivity contribution is 5.80. The van der Waals surface area contributed by atoms with Gasteiger partial charge >= 0.3 is 5.97 Å². The van der Waals surface area contributed by atoms with Gasteiger partial charge in [0.25, 0.3) is 5.69 Å². The number of nitrogens with zero attached hydrogens (tertiary/aromatic N) is 2. The molecule has 0 unspecified atom stereocenters. The van der Waals surface area contributed by atoms with Crippen LogP contribution in [0.25, 0.3) is 0 Å². The number of ether oxygens (including phenoxy) is 1. The minimum Gasteiger partial charge on any atom is -0.469 e. The molecule has 0 atom stereocenters. The lowest BCUT2D eigenvalue weighted by Crippen LogP contribution is -2.24. The van der Waals surface area contributed by atoms with Gasteiger partial charge in [-0.15, -0.1) is 0 Å². The summed E-state index contributed by atoms with van der Waals surface area (Å²) >= 11 is 0. The molecule has 1 aromatic carbocycles. The van der Waals surface area contributed by atoms with E-state index in [2.05, 4.69) is 4.99 Å². The van der Waals surface area contributed by atoms with E-state index in [-0.39, 0.29) is 23.6 Å². The summed E-state index contributed by atoms with van der Waals surface area (Å²) in [7, 11) is 1.42. The number of carbonyl (C=O) groups excluding carboxylic acids is 1. The highest BCUT2D eigenvalue weighted by Gasteiger charge is 2.26. The van der Waals surface area contributed by atoms with Crippen molar-refractivity contribution < 1.29 is 14.5 Å². The van der Waals surface area contributed by atoms with Crippen molar-refractivity contribution in [2.75, 3.05) is 7.11 Å². The molecule has 0 spiro atoms. The molecular formula is C15H18N2O4. The van der Waals surface area contributed by atoms with Gasteiger partial charge in [-0.3, -0.25) is 19.9 Å². The molecule has 6 heteroatoms. The van der Waals surface area contributed by atoms with Gasteiger partial charge in [-0.2, -0.15) is 0 Å². The number of benzene rings is 1. The van der Waals surface area contributed by atoms with Crippen LogP contribution in [0.2, 0.25) is 0 Å². The number of nitro groups is 1. The fourth-order valence-electron chi connectivity index (χ4n) is 2.50. The molecule has 0 saturated heterocycles. The summed E-state index contributed by atoms with van der Waals surface area (Å²) in [6.45, 7) is 0. The highest BCUT2D eigenvalue weighted by Crippen LogP contribution is 2.27. The molecular weight excluding hydrogens is 272 g/mol. The Morgan fingerprint density at radius 2 is 1.90 bits per heavy atom. The Morgan fingerprint density at radius 3 is 2.43 bits per heavy atom. The Bertz CT molecular complexity index is 531. The Hall–Kier alpha value is -2.24. The van der Waals surface area contributed by atoms with Crippen molar-refractivity contribution in [1.82, 2.24) is 0 Å². The quantitative estimate of drug-likeness (QED) is 0.369. The highest BCUT2D eigenvalue weighted by atomic mass is 16.6. The first-order chi connectivity index (χ1) is 10.1. The fraction of sp³-hybridized carbons (Fsp3) is 0.467. The van der Waals surface area contributed by atoms with Crippen LogP contribution in [0.4, 0.5) is 5.69 Å². The molecule has 1 aliphatic carbocycles. The van der Waals surface area contributed by atoms with Gasteiger partial charge in [-0.05, 0) is 43.4 Å². The summed E-state index contributed by atoms with van der Waals surface area (Å²) in [5.74, 6) is -0.131. The molecule has 0 aliphatic heterocycles. The summed E-state index contributed by atoms with van der Waals surface area (Å²) in [5.41, 5.74) is 0.918. The summed E-state index contributed by atoms with van der Waals surface area (Å²) in [5, 5.41) is 10.6. The van der Waals surface area contributed by atoms with Gasteiger partial charge in [0.05, 0.1) is 18.0 Å². The van der Waals surface area contributed by atoms with E-state index in [0.29, 0.717) is 0 Å². The van der Waals surface area contributed by atoms with E-state index in [1.165, 1.54) is 19.2 Å². The maximum atomic E-state index is 11.4. The van der Waals surface area contributed by atoms with Crippen molar-refractivity contribution in [3.63, 3.8) is 0 Å². The predicted molar refractivity (Wildman–Crippen MR) is 78.5 cm³/mol. The molecule has 6 nitrogen and oxygen atoms in total. The van der Waals surface area contributed by atoms with E-state index in [9.17, 15) is 14.9 Å². The summed E-state index contributed by atoms with van der Waals surface area (Å²) < 4.78 is 4.75. The molecule has 0 N–H and O–H groups in total. The Kier molecular flexibility index (Phi) is 5.03. The average Bonchev–Trinajstić information content (AvgIpc) is 2.53. The number of nitro benzene ring substituents is 1. The zero-order valence-electron chi connectivity index (χ0n) is 11.9. The van der Waals surface area contributed by atoms with Crippen LogP contribution in [0.5, 0.6) is 0 Å². The van der Waals surface area contributed by atoms with Crippen LogP contribution < -0.4 is 0 Å². The number of hydrogen-bond donors (Lipinski definition) is 0. The van der Waals surface area contributed by atoms with Gasteiger partial charge in [0.1, 0.15) is 0 Å². The molecule has 1 saturated carbocycles. The lowest BCUT2D eigenvalue weighted by atomic mass is 9.86. The maximum Gasteiger partial charge on any atom is 0.308 e. The monoisotopic (exact) mass is 290 g/mol. The Morgan fingerprint density at radius 1 is 1.29 bits per heavy atom. The third-order valence-electron chi connectivity index (χ3n) is 3.77. The summed E-state index contributed by atoms with van der Waals surface area (Å²) in [6.07, 6.45) is 5.07. The van der Waals surface area contributed by atoms with Crippen molar-refractivity contribution in [2.24, 2.45) is 10.9 Å². The number of methoxy groups -OCH3 is 1. The Labute approximate surface area is 123 Å². The summed E-state index contributed by atoms with van der Waals surface area (Å²) in [6, 6.07) is 6.51. The molecule has 1 fully saturated rings. The van der Waals surface area contributed by atoms with Crippen LogP contribution >= 0.6 is 0 Å². The molecule has 0 aromatic heterocycles. The van der Waals surface area contributed by atoms with E-state index >= 15 is 0 Å². The van der Waals surface area contributed by atoms with Crippen LogP contribution in [0.3, 0.4) is 0 Å². The van der Waals surface area contributed by atoms with Crippen LogP contribution in [0.15, 0.2) is 29.3 Å². The molecule has 0 bridgehead atoms. The average molecular weight is 290 g/mol. The third kappa shape index (κ3) is 4.11. The zero-order chi connectivity index (χ0) is 15.2. The van der Waals surface area contributed by atoms with Crippen LogP contribution in [-0.2, 0) is 9.53 Å².